The highest BCUT2D eigenvalue weighted by atomic mass is 35.5. The van der Waals surface area contributed by atoms with E-state index in [4.69, 9.17) is 17.4 Å². The zero-order valence-corrected chi connectivity index (χ0v) is 11.6. The van der Waals surface area contributed by atoms with Gasteiger partial charge in [-0.15, -0.1) is 10.2 Å². The van der Waals surface area contributed by atoms with Crippen LogP contribution in [0, 0.1) is 0 Å². The molecule has 0 spiro atoms. The van der Waals surface area contributed by atoms with Gasteiger partial charge < -0.3 is 10.7 Å². The number of benzene rings is 1. The monoisotopic (exact) mass is 291 g/mol. The minimum Gasteiger partial charge on any atom is -0.344 e. The van der Waals surface area contributed by atoms with Gasteiger partial charge in [0.2, 0.25) is 0 Å². The number of nitrogens with two attached hydrogens (primary N) is 1. The van der Waals surface area contributed by atoms with Crippen molar-refractivity contribution in [2.75, 3.05) is 5.43 Å². The number of carbonyl (C=O) groups excluding carboxylic acids is 1. The Hall–Kier alpha value is -2.18. The van der Waals surface area contributed by atoms with Crippen LogP contribution in [0.1, 0.15) is 29.0 Å². The van der Waals surface area contributed by atoms with Crippen molar-refractivity contribution in [1.82, 2.24) is 15.5 Å². The van der Waals surface area contributed by atoms with E-state index in [1.807, 2.05) is 25.1 Å². The molecule has 6 nitrogen and oxygen atoms in total. The first-order chi connectivity index (χ1) is 9.61. The summed E-state index contributed by atoms with van der Waals surface area (Å²) in [5.74, 6) is 5.25. The van der Waals surface area contributed by atoms with Crippen molar-refractivity contribution >= 4 is 23.3 Å². The number of amides is 1. The molecule has 1 atom stereocenters. The third-order valence-corrected chi connectivity index (χ3v) is 3.11. The Morgan fingerprint density at radius 1 is 1.25 bits per heavy atom. The molecule has 0 aliphatic rings. The van der Waals surface area contributed by atoms with Gasteiger partial charge >= 0.3 is 0 Å². The molecule has 20 heavy (non-hydrogen) atoms. The SMILES string of the molecule is CC(NC(=O)c1ccc(NN)nn1)c1ccccc1Cl. The predicted molar refractivity (Wildman–Crippen MR) is 77.2 cm³/mol. The molecule has 4 N–H and O–H groups in total. The smallest absolute Gasteiger partial charge is 0.272 e. The van der Waals surface area contributed by atoms with Crippen LogP contribution >= 0.6 is 11.6 Å². The Morgan fingerprint density at radius 2 is 2.00 bits per heavy atom. The molecule has 2 rings (SSSR count). The summed E-state index contributed by atoms with van der Waals surface area (Å²) in [6, 6.07) is 10.2. The van der Waals surface area contributed by atoms with E-state index in [2.05, 4.69) is 20.9 Å². The number of nitrogens with zero attached hydrogens (tertiary/aromatic N) is 2. The predicted octanol–water partition coefficient (Wildman–Crippen LogP) is 1.91. The van der Waals surface area contributed by atoms with Crippen molar-refractivity contribution in [3.05, 3.63) is 52.7 Å². The van der Waals surface area contributed by atoms with Crippen LogP contribution in [0.4, 0.5) is 5.82 Å². The van der Waals surface area contributed by atoms with Gasteiger partial charge in [0.15, 0.2) is 11.5 Å². The molecule has 0 fully saturated rings. The first kappa shape index (κ1) is 14.2. The molecule has 1 aromatic heterocycles. The lowest BCUT2D eigenvalue weighted by Gasteiger charge is -2.15. The molecule has 0 bridgehead atoms. The lowest BCUT2D eigenvalue weighted by Crippen LogP contribution is -2.28. The Balaban J connectivity index is 2.09. The van der Waals surface area contributed by atoms with Crippen molar-refractivity contribution in [2.24, 2.45) is 5.84 Å². The van der Waals surface area contributed by atoms with Crippen LogP contribution in [0.2, 0.25) is 5.02 Å². The van der Waals surface area contributed by atoms with Crippen LogP contribution in [0.15, 0.2) is 36.4 Å². The number of anilines is 1. The fourth-order valence-electron chi connectivity index (χ4n) is 1.70. The Bertz CT molecular complexity index is 602. The van der Waals surface area contributed by atoms with Gasteiger partial charge in [-0.1, -0.05) is 29.8 Å². The molecule has 1 heterocycles. The molecule has 1 unspecified atom stereocenters. The Morgan fingerprint density at radius 3 is 2.60 bits per heavy atom. The van der Waals surface area contributed by atoms with Gasteiger partial charge in [-0.05, 0) is 30.7 Å². The lowest BCUT2D eigenvalue weighted by atomic mass is 10.1. The van der Waals surface area contributed by atoms with E-state index in [-0.39, 0.29) is 17.6 Å². The number of nitrogens with one attached hydrogen (secondary N) is 2. The van der Waals surface area contributed by atoms with E-state index in [1.165, 1.54) is 6.07 Å². The second-order valence-electron chi connectivity index (χ2n) is 4.16. The van der Waals surface area contributed by atoms with E-state index >= 15 is 0 Å². The van der Waals surface area contributed by atoms with Crippen LogP contribution in [0.25, 0.3) is 0 Å². The van der Waals surface area contributed by atoms with Gasteiger partial charge in [0.25, 0.3) is 5.91 Å². The fraction of sp³-hybridized carbons (Fsp3) is 0.154. The van der Waals surface area contributed by atoms with E-state index in [0.29, 0.717) is 10.8 Å². The minimum atomic E-state index is -0.325. The van der Waals surface area contributed by atoms with Gasteiger partial charge in [-0.2, -0.15) is 0 Å². The third kappa shape index (κ3) is 3.23. The quantitative estimate of drug-likeness (QED) is 0.591. The summed E-state index contributed by atoms with van der Waals surface area (Å²) >= 11 is 6.09. The highest BCUT2D eigenvalue weighted by molar-refractivity contribution is 6.31. The van der Waals surface area contributed by atoms with Crippen molar-refractivity contribution in [2.45, 2.75) is 13.0 Å². The molecule has 1 amide bonds. The van der Waals surface area contributed by atoms with Gasteiger partial charge in [-0.25, -0.2) is 5.84 Å². The van der Waals surface area contributed by atoms with Gasteiger partial charge in [0, 0.05) is 5.02 Å². The zero-order valence-electron chi connectivity index (χ0n) is 10.8. The molecule has 0 saturated heterocycles. The highest BCUT2D eigenvalue weighted by Crippen LogP contribution is 2.22. The van der Waals surface area contributed by atoms with E-state index < -0.39 is 0 Å². The van der Waals surface area contributed by atoms with Crippen molar-refractivity contribution in [3.63, 3.8) is 0 Å². The van der Waals surface area contributed by atoms with Crippen LogP contribution in [-0.4, -0.2) is 16.1 Å². The first-order valence-corrected chi connectivity index (χ1v) is 6.35. The number of hydrogen-bond acceptors (Lipinski definition) is 5. The fourth-order valence-corrected chi connectivity index (χ4v) is 2.00. The topological polar surface area (TPSA) is 92.9 Å². The van der Waals surface area contributed by atoms with Crippen molar-refractivity contribution in [1.29, 1.82) is 0 Å². The average Bonchev–Trinajstić information content (AvgIpc) is 2.47. The summed E-state index contributed by atoms with van der Waals surface area (Å²) in [6.45, 7) is 1.85. The van der Waals surface area contributed by atoms with E-state index in [1.54, 1.807) is 12.1 Å². The zero-order chi connectivity index (χ0) is 14.5. The lowest BCUT2D eigenvalue weighted by molar-refractivity contribution is 0.0934. The maximum atomic E-state index is 12.0. The van der Waals surface area contributed by atoms with Gasteiger partial charge in [-0.3, -0.25) is 4.79 Å². The summed E-state index contributed by atoms with van der Waals surface area (Å²) < 4.78 is 0. The molecular formula is C13H14ClN5O. The largest absolute Gasteiger partial charge is 0.344 e. The molecule has 1 aromatic carbocycles. The molecule has 0 aliphatic carbocycles. The molecule has 0 saturated carbocycles. The third-order valence-electron chi connectivity index (χ3n) is 2.76. The van der Waals surface area contributed by atoms with Crippen LogP contribution in [0.3, 0.4) is 0 Å². The Kier molecular flexibility index (Phi) is 4.49. The van der Waals surface area contributed by atoms with Crippen LogP contribution in [0.5, 0.6) is 0 Å². The van der Waals surface area contributed by atoms with Crippen LogP contribution in [-0.2, 0) is 0 Å². The van der Waals surface area contributed by atoms with Crippen LogP contribution < -0.4 is 16.6 Å². The number of aromatic nitrogens is 2. The summed E-state index contributed by atoms with van der Waals surface area (Å²) in [4.78, 5) is 12.0. The van der Waals surface area contributed by atoms with Crippen molar-refractivity contribution in [3.8, 4) is 0 Å². The molecule has 7 heteroatoms. The van der Waals surface area contributed by atoms with E-state index in [0.717, 1.165) is 5.56 Å². The van der Waals surface area contributed by atoms with Crippen molar-refractivity contribution < 1.29 is 4.79 Å². The minimum absolute atomic E-state index is 0.211. The van der Waals surface area contributed by atoms with Gasteiger partial charge in [0.1, 0.15) is 0 Å². The maximum absolute atomic E-state index is 12.0. The van der Waals surface area contributed by atoms with E-state index in [9.17, 15) is 4.79 Å². The number of hydrogen-bond donors (Lipinski definition) is 3. The second kappa shape index (κ2) is 6.31. The summed E-state index contributed by atoms with van der Waals surface area (Å²) in [7, 11) is 0. The number of nitrogen functional groups attached to an aromatic ring is 1. The molecule has 104 valence electrons. The second-order valence-corrected chi connectivity index (χ2v) is 4.57. The summed E-state index contributed by atoms with van der Waals surface area (Å²) in [6.07, 6.45) is 0. The number of carbonyl (C=O) groups is 1. The summed E-state index contributed by atoms with van der Waals surface area (Å²) in [5, 5.41) is 10.9. The maximum Gasteiger partial charge on any atom is 0.272 e. The highest BCUT2D eigenvalue weighted by Gasteiger charge is 2.14. The number of halogens is 1. The first-order valence-electron chi connectivity index (χ1n) is 5.97. The number of rotatable bonds is 4. The Labute approximate surface area is 121 Å². The standard InChI is InChI=1S/C13H14ClN5O/c1-8(9-4-2-3-5-10(9)14)16-13(20)11-6-7-12(17-15)19-18-11/h2-8H,15H2,1H3,(H,16,20)(H,17,19). The number of hydrazine groups is 1. The summed E-state index contributed by atoms with van der Waals surface area (Å²) in [5.41, 5.74) is 3.40. The van der Waals surface area contributed by atoms with Gasteiger partial charge in [0.05, 0.1) is 6.04 Å². The molecule has 0 radical (unpaired) electrons. The normalized spacial score (nSPS) is 11.8. The molecular weight excluding hydrogens is 278 g/mol. The average molecular weight is 292 g/mol. The molecule has 0 aliphatic heterocycles. The molecule has 2 aromatic rings.